The average Bonchev–Trinajstić information content (AvgIpc) is 2.61. The van der Waals surface area contributed by atoms with E-state index in [1.165, 1.54) is 31.3 Å². The summed E-state index contributed by atoms with van der Waals surface area (Å²) in [5, 5.41) is 9.83. The van der Waals surface area contributed by atoms with Gasteiger partial charge in [0.15, 0.2) is 11.5 Å². The smallest absolute Gasteiger partial charge is 0.261 e. The second-order valence-corrected chi connectivity index (χ2v) is 5.43. The molecule has 0 saturated heterocycles. The Balaban J connectivity index is 1.94. The summed E-state index contributed by atoms with van der Waals surface area (Å²) in [7, 11) is 2.93. The van der Waals surface area contributed by atoms with Crippen molar-refractivity contribution in [1.29, 1.82) is 0 Å². The van der Waals surface area contributed by atoms with Gasteiger partial charge >= 0.3 is 0 Å². The summed E-state index contributed by atoms with van der Waals surface area (Å²) in [5.41, 5.74) is 1.46. The molecule has 0 atom stereocenters. The normalized spacial score (nSPS) is 13.4. The minimum absolute atomic E-state index is 0.0170. The van der Waals surface area contributed by atoms with E-state index in [1.807, 2.05) is 0 Å². The maximum atomic E-state index is 12.7. The molecule has 124 valence electrons. The van der Waals surface area contributed by atoms with Gasteiger partial charge in [-0.05, 0) is 42.3 Å². The van der Waals surface area contributed by atoms with E-state index in [2.05, 4.69) is 0 Å². The molecule has 6 nitrogen and oxygen atoms in total. The highest BCUT2D eigenvalue weighted by Crippen LogP contribution is 2.32. The van der Waals surface area contributed by atoms with Crippen LogP contribution in [0.4, 0.5) is 0 Å². The number of ether oxygens (including phenoxy) is 2. The minimum atomic E-state index is -0.401. The van der Waals surface area contributed by atoms with Crippen molar-refractivity contribution in [3.8, 4) is 17.2 Å². The highest BCUT2D eigenvalue weighted by molar-refractivity contribution is 6.11. The Kier molecular flexibility index (Phi) is 4.12. The van der Waals surface area contributed by atoms with Gasteiger partial charge in [-0.1, -0.05) is 6.07 Å². The van der Waals surface area contributed by atoms with E-state index < -0.39 is 5.91 Å². The molecule has 0 radical (unpaired) electrons. The SMILES string of the molecule is COc1cccc(C(=O)N2CCc3cc(O)c(OC)cc3C2=O)c1. The van der Waals surface area contributed by atoms with Gasteiger partial charge in [0.2, 0.25) is 0 Å². The number of imide groups is 1. The third-order valence-electron chi connectivity index (χ3n) is 4.05. The van der Waals surface area contributed by atoms with E-state index in [-0.39, 0.29) is 24.0 Å². The molecule has 2 aromatic rings. The van der Waals surface area contributed by atoms with E-state index in [4.69, 9.17) is 9.47 Å². The van der Waals surface area contributed by atoms with Crippen LogP contribution in [0.3, 0.4) is 0 Å². The van der Waals surface area contributed by atoms with E-state index in [0.717, 1.165) is 0 Å². The topological polar surface area (TPSA) is 76.1 Å². The minimum Gasteiger partial charge on any atom is -0.504 e. The van der Waals surface area contributed by atoms with Crippen LogP contribution in [0.15, 0.2) is 36.4 Å². The van der Waals surface area contributed by atoms with Gasteiger partial charge in [0.05, 0.1) is 14.2 Å². The Morgan fingerprint density at radius 2 is 1.96 bits per heavy atom. The standard InChI is InChI=1S/C18H17NO5/c1-23-13-5-3-4-12(8-13)17(21)19-7-6-11-9-15(20)16(24-2)10-14(11)18(19)22/h3-5,8-10,20H,6-7H2,1-2H3. The van der Waals surface area contributed by atoms with Crippen molar-refractivity contribution in [2.45, 2.75) is 6.42 Å². The van der Waals surface area contributed by atoms with Crippen LogP contribution >= 0.6 is 0 Å². The van der Waals surface area contributed by atoms with Crippen molar-refractivity contribution in [3.63, 3.8) is 0 Å². The van der Waals surface area contributed by atoms with E-state index in [9.17, 15) is 14.7 Å². The molecule has 1 aliphatic heterocycles. The summed E-state index contributed by atoms with van der Waals surface area (Å²) in [6.45, 7) is 0.258. The van der Waals surface area contributed by atoms with E-state index >= 15 is 0 Å². The molecule has 24 heavy (non-hydrogen) atoms. The fraction of sp³-hybridized carbons (Fsp3) is 0.222. The van der Waals surface area contributed by atoms with Crippen LogP contribution in [-0.2, 0) is 6.42 Å². The highest BCUT2D eigenvalue weighted by Gasteiger charge is 2.31. The Bertz CT molecular complexity index is 815. The number of benzene rings is 2. The zero-order valence-corrected chi connectivity index (χ0v) is 13.4. The summed E-state index contributed by atoms with van der Waals surface area (Å²) in [6, 6.07) is 9.66. The van der Waals surface area contributed by atoms with Crippen LogP contribution in [0, 0.1) is 0 Å². The van der Waals surface area contributed by atoms with Crippen LogP contribution in [0.2, 0.25) is 0 Å². The third-order valence-corrected chi connectivity index (χ3v) is 4.05. The number of carbonyl (C=O) groups excluding carboxylic acids is 2. The number of phenolic OH excluding ortho intramolecular Hbond substituents is 1. The maximum absolute atomic E-state index is 12.7. The summed E-state index contributed by atoms with van der Waals surface area (Å²) in [5.74, 6) is -0.0364. The molecule has 1 heterocycles. The number of methoxy groups -OCH3 is 2. The Labute approximate surface area is 139 Å². The van der Waals surface area contributed by atoms with Gasteiger partial charge in [-0.3, -0.25) is 14.5 Å². The maximum Gasteiger partial charge on any atom is 0.261 e. The van der Waals surface area contributed by atoms with E-state index in [1.54, 1.807) is 24.3 Å². The first-order valence-electron chi connectivity index (χ1n) is 7.45. The zero-order valence-electron chi connectivity index (χ0n) is 13.4. The number of carbonyl (C=O) groups is 2. The van der Waals surface area contributed by atoms with Crippen LogP contribution in [0.5, 0.6) is 17.2 Å². The predicted octanol–water partition coefficient (Wildman–Crippen LogP) is 2.25. The lowest BCUT2D eigenvalue weighted by atomic mass is 9.97. The second-order valence-electron chi connectivity index (χ2n) is 5.43. The van der Waals surface area contributed by atoms with Crippen molar-refractivity contribution in [1.82, 2.24) is 4.90 Å². The number of aromatic hydroxyl groups is 1. The number of amides is 2. The molecule has 0 saturated carbocycles. The lowest BCUT2D eigenvalue weighted by molar-refractivity contribution is 0.0604. The molecule has 0 fully saturated rings. The van der Waals surface area contributed by atoms with Gasteiger partial charge in [0.1, 0.15) is 5.75 Å². The van der Waals surface area contributed by atoms with Crippen molar-refractivity contribution < 1.29 is 24.2 Å². The van der Waals surface area contributed by atoms with Gasteiger partial charge in [-0.2, -0.15) is 0 Å². The molecule has 3 rings (SSSR count). The molecule has 0 spiro atoms. The largest absolute Gasteiger partial charge is 0.504 e. The summed E-state index contributed by atoms with van der Waals surface area (Å²) >= 11 is 0. The number of phenols is 1. The average molecular weight is 327 g/mol. The summed E-state index contributed by atoms with van der Waals surface area (Å²) < 4.78 is 10.2. The van der Waals surface area contributed by atoms with Gasteiger partial charge in [0, 0.05) is 17.7 Å². The Hall–Kier alpha value is -3.02. The zero-order chi connectivity index (χ0) is 17.3. The first-order valence-corrected chi connectivity index (χ1v) is 7.45. The van der Waals surface area contributed by atoms with Crippen LogP contribution in [-0.4, -0.2) is 42.6 Å². The molecule has 0 bridgehead atoms. The van der Waals surface area contributed by atoms with Crippen LogP contribution in [0.1, 0.15) is 26.3 Å². The second kappa shape index (κ2) is 6.23. The molecule has 0 unspecified atom stereocenters. The van der Waals surface area contributed by atoms with Crippen molar-refractivity contribution in [2.24, 2.45) is 0 Å². The van der Waals surface area contributed by atoms with Gasteiger partial charge < -0.3 is 14.6 Å². The monoisotopic (exact) mass is 327 g/mol. The van der Waals surface area contributed by atoms with Crippen molar-refractivity contribution >= 4 is 11.8 Å². The molecule has 1 aliphatic rings. The summed E-state index contributed by atoms with van der Waals surface area (Å²) in [6.07, 6.45) is 0.480. The molecule has 6 heteroatoms. The molecular formula is C18H17NO5. The predicted molar refractivity (Wildman–Crippen MR) is 86.7 cm³/mol. The molecule has 1 N–H and O–H groups in total. The number of hydrogen-bond acceptors (Lipinski definition) is 5. The molecule has 2 aromatic carbocycles. The number of hydrogen-bond donors (Lipinski definition) is 1. The Morgan fingerprint density at radius 3 is 2.67 bits per heavy atom. The first kappa shape index (κ1) is 15.9. The molecule has 2 amide bonds. The van der Waals surface area contributed by atoms with Crippen molar-refractivity contribution in [3.05, 3.63) is 53.1 Å². The number of rotatable bonds is 3. The van der Waals surface area contributed by atoms with E-state index in [0.29, 0.717) is 28.9 Å². The third kappa shape index (κ3) is 2.67. The summed E-state index contributed by atoms with van der Waals surface area (Å²) in [4.78, 5) is 26.6. The van der Waals surface area contributed by atoms with Gasteiger partial charge in [0.25, 0.3) is 11.8 Å². The van der Waals surface area contributed by atoms with Gasteiger partial charge in [-0.25, -0.2) is 0 Å². The fourth-order valence-electron chi connectivity index (χ4n) is 2.77. The molecular weight excluding hydrogens is 310 g/mol. The molecule has 0 aliphatic carbocycles. The molecule has 0 aromatic heterocycles. The van der Waals surface area contributed by atoms with Crippen LogP contribution in [0.25, 0.3) is 0 Å². The van der Waals surface area contributed by atoms with Crippen LogP contribution < -0.4 is 9.47 Å². The van der Waals surface area contributed by atoms with Crippen molar-refractivity contribution in [2.75, 3.05) is 20.8 Å². The number of fused-ring (bicyclic) bond motifs is 1. The highest BCUT2D eigenvalue weighted by atomic mass is 16.5. The first-order chi connectivity index (χ1) is 11.5. The lowest BCUT2D eigenvalue weighted by Gasteiger charge is -2.27. The Morgan fingerprint density at radius 1 is 1.17 bits per heavy atom. The quantitative estimate of drug-likeness (QED) is 0.875. The lowest BCUT2D eigenvalue weighted by Crippen LogP contribution is -2.42. The van der Waals surface area contributed by atoms with Gasteiger partial charge in [-0.15, -0.1) is 0 Å². The fourth-order valence-corrected chi connectivity index (χ4v) is 2.77. The number of nitrogens with zero attached hydrogens (tertiary/aromatic N) is 1.